The van der Waals surface area contributed by atoms with Gasteiger partial charge in [0.1, 0.15) is 11.6 Å². The summed E-state index contributed by atoms with van der Waals surface area (Å²) in [6, 6.07) is 9.18. The van der Waals surface area contributed by atoms with Crippen LogP contribution >= 0.6 is 0 Å². The third kappa shape index (κ3) is 3.92. The highest BCUT2D eigenvalue weighted by Crippen LogP contribution is 2.43. The molecule has 0 unspecified atom stereocenters. The van der Waals surface area contributed by atoms with Crippen LogP contribution in [0.3, 0.4) is 0 Å². The Bertz CT molecular complexity index is 1070. The summed E-state index contributed by atoms with van der Waals surface area (Å²) < 4.78 is 59.2. The van der Waals surface area contributed by atoms with Crippen LogP contribution in [0, 0.1) is 0 Å². The molecule has 1 N–H and O–H groups in total. The molecular formula is C21H20F3N3O4. The summed E-state index contributed by atoms with van der Waals surface area (Å²) in [5.41, 5.74) is 3.07. The zero-order valence-corrected chi connectivity index (χ0v) is 17.0. The first-order valence-corrected chi connectivity index (χ1v) is 9.37. The smallest absolute Gasteiger partial charge is 0.493 e. The van der Waals surface area contributed by atoms with Crippen LogP contribution in [0.2, 0.25) is 0 Å². The lowest BCUT2D eigenvalue weighted by Gasteiger charge is -2.13. The molecule has 1 aromatic heterocycles. The second-order valence-corrected chi connectivity index (χ2v) is 6.72. The maximum Gasteiger partial charge on any atom is 0.573 e. The van der Waals surface area contributed by atoms with Gasteiger partial charge in [0.25, 0.3) is 0 Å². The van der Waals surface area contributed by atoms with Gasteiger partial charge in [-0.3, -0.25) is 0 Å². The Hall–Kier alpha value is -3.56. The molecule has 1 aliphatic heterocycles. The van der Waals surface area contributed by atoms with Crippen molar-refractivity contribution in [2.24, 2.45) is 0 Å². The van der Waals surface area contributed by atoms with E-state index in [0.717, 1.165) is 35.6 Å². The largest absolute Gasteiger partial charge is 0.573 e. The summed E-state index contributed by atoms with van der Waals surface area (Å²) in [5.74, 6) is 1.97. The summed E-state index contributed by atoms with van der Waals surface area (Å²) in [5, 5.41) is 8.01. The molecule has 2 heterocycles. The van der Waals surface area contributed by atoms with E-state index in [1.807, 2.05) is 12.1 Å². The van der Waals surface area contributed by atoms with Crippen LogP contribution in [0.25, 0.3) is 16.9 Å². The molecule has 0 atom stereocenters. The summed E-state index contributed by atoms with van der Waals surface area (Å²) in [4.78, 5) is 0. The number of rotatable bonds is 6. The number of hydrogen-bond donors (Lipinski definition) is 1. The molecule has 0 saturated carbocycles. The van der Waals surface area contributed by atoms with E-state index >= 15 is 0 Å². The first-order valence-electron chi connectivity index (χ1n) is 9.37. The summed E-state index contributed by atoms with van der Waals surface area (Å²) in [7, 11) is 4.61. The van der Waals surface area contributed by atoms with Crippen molar-refractivity contribution >= 4 is 5.82 Å². The maximum atomic E-state index is 12.4. The normalized spacial score (nSPS) is 12.8. The molecule has 31 heavy (non-hydrogen) atoms. The number of halogens is 3. The minimum absolute atomic E-state index is 0.294. The number of nitrogens with zero attached hydrogens (tertiary/aromatic N) is 2. The second-order valence-electron chi connectivity index (χ2n) is 6.72. The molecule has 0 aliphatic carbocycles. The zero-order valence-electron chi connectivity index (χ0n) is 17.0. The Kier molecular flexibility index (Phi) is 5.30. The molecular weight excluding hydrogens is 415 g/mol. The van der Waals surface area contributed by atoms with E-state index in [1.54, 1.807) is 4.68 Å². The van der Waals surface area contributed by atoms with Gasteiger partial charge in [-0.1, -0.05) is 0 Å². The van der Waals surface area contributed by atoms with E-state index in [9.17, 15) is 13.2 Å². The number of methoxy groups -OCH3 is 3. The van der Waals surface area contributed by atoms with Crippen LogP contribution in [-0.4, -0.2) is 44.0 Å². The number of alkyl halides is 3. The van der Waals surface area contributed by atoms with Crippen molar-refractivity contribution in [1.29, 1.82) is 0 Å². The SMILES string of the molecule is COc1cc(-c2nn(-c3ccc(OC(F)(F)F)cc3)c3c2CCN3)cc(OC)c1OC. The van der Waals surface area contributed by atoms with Crippen LogP contribution in [0.5, 0.6) is 23.0 Å². The molecule has 0 amide bonds. The molecule has 0 radical (unpaired) electrons. The number of anilines is 1. The first kappa shape index (κ1) is 20.7. The average molecular weight is 435 g/mol. The Morgan fingerprint density at radius 3 is 2.16 bits per heavy atom. The number of ether oxygens (including phenoxy) is 4. The topological polar surface area (TPSA) is 66.8 Å². The summed E-state index contributed by atoms with van der Waals surface area (Å²) >= 11 is 0. The van der Waals surface area contributed by atoms with Gasteiger partial charge in [-0.2, -0.15) is 5.10 Å². The molecule has 3 aromatic rings. The molecule has 0 saturated heterocycles. The van der Waals surface area contributed by atoms with Gasteiger partial charge < -0.3 is 24.3 Å². The van der Waals surface area contributed by atoms with Gasteiger partial charge in [0.15, 0.2) is 11.5 Å². The molecule has 1 aliphatic rings. The lowest BCUT2D eigenvalue weighted by atomic mass is 10.1. The number of benzene rings is 2. The van der Waals surface area contributed by atoms with Gasteiger partial charge in [0.2, 0.25) is 5.75 Å². The minimum atomic E-state index is -4.74. The Balaban J connectivity index is 1.77. The maximum absolute atomic E-state index is 12.4. The van der Waals surface area contributed by atoms with Crippen molar-refractivity contribution < 1.29 is 32.1 Å². The van der Waals surface area contributed by atoms with Gasteiger partial charge in [0, 0.05) is 17.7 Å². The molecule has 7 nitrogen and oxygen atoms in total. The second kappa shape index (κ2) is 7.93. The fraction of sp³-hybridized carbons (Fsp3) is 0.286. The highest BCUT2D eigenvalue weighted by atomic mass is 19.4. The van der Waals surface area contributed by atoms with E-state index in [1.165, 1.54) is 45.6 Å². The van der Waals surface area contributed by atoms with E-state index < -0.39 is 6.36 Å². The van der Waals surface area contributed by atoms with Crippen LogP contribution in [-0.2, 0) is 6.42 Å². The van der Waals surface area contributed by atoms with Crippen molar-refractivity contribution in [3.8, 4) is 39.9 Å². The molecule has 10 heteroatoms. The van der Waals surface area contributed by atoms with Gasteiger partial charge in [-0.05, 0) is 42.8 Å². The van der Waals surface area contributed by atoms with Crippen molar-refractivity contribution in [2.75, 3.05) is 33.2 Å². The van der Waals surface area contributed by atoms with Crippen LogP contribution in [0.15, 0.2) is 36.4 Å². The number of hydrogen-bond acceptors (Lipinski definition) is 6. The molecule has 0 fully saturated rings. The Morgan fingerprint density at radius 2 is 1.61 bits per heavy atom. The molecule has 0 spiro atoms. The fourth-order valence-electron chi connectivity index (χ4n) is 3.60. The van der Waals surface area contributed by atoms with E-state index in [2.05, 4.69) is 10.1 Å². The number of aromatic nitrogens is 2. The van der Waals surface area contributed by atoms with Crippen LogP contribution in [0.1, 0.15) is 5.56 Å². The third-order valence-electron chi connectivity index (χ3n) is 4.90. The lowest BCUT2D eigenvalue weighted by Crippen LogP contribution is -2.17. The van der Waals surface area contributed by atoms with Gasteiger partial charge in [-0.15, -0.1) is 13.2 Å². The van der Waals surface area contributed by atoms with Crippen LogP contribution < -0.4 is 24.3 Å². The third-order valence-corrected chi connectivity index (χ3v) is 4.90. The van der Waals surface area contributed by atoms with Crippen molar-refractivity contribution in [3.63, 3.8) is 0 Å². The predicted octanol–water partition coefficient (Wildman–Crippen LogP) is 4.43. The minimum Gasteiger partial charge on any atom is -0.493 e. The Morgan fingerprint density at radius 1 is 0.968 bits per heavy atom. The number of fused-ring (bicyclic) bond motifs is 1. The summed E-state index contributed by atoms with van der Waals surface area (Å²) in [6.45, 7) is 0.722. The van der Waals surface area contributed by atoms with Crippen molar-refractivity contribution in [2.45, 2.75) is 12.8 Å². The van der Waals surface area contributed by atoms with Gasteiger partial charge >= 0.3 is 6.36 Å². The highest BCUT2D eigenvalue weighted by Gasteiger charge is 2.31. The van der Waals surface area contributed by atoms with Crippen LogP contribution in [0.4, 0.5) is 19.0 Å². The molecule has 164 valence electrons. The Labute approximate surface area is 176 Å². The zero-order chi connectivity index (χ0) is 22.2. The fourth-order valence-corrected chi connectivity index (χ4v) is 3.60. The van der Waals surface area contributed by atoms with E-state index in [-0.39, 0.29) is 5.75 Å². The standard InChI is InChI=1S/C21H20F3N3O4/c1-28-16-10-12(11-17(29-2)19(16)30-3)18-15-8-9-25-20(15)27(26-18)13-4-6-14(7-5-13)31-21(22,23)24/h4-7,10-11,25H,8-9H2,1-3H3. The van der Waals surface area contributed by atoms with Gasteiger partial charge in [0.05, 0.1) is 32.7 Å². The summed E-state index contributed by atoms with van der Waals surface area (Å²) in [6.07, 6.45) is -3.99. The average Bonchev–Trinajstić information content (AvgIpc) is 3.35. The van der Waals surface area contributed by atoms with E-state index in [0.29, 0.717) is 22.9 Å². The predicted molar refractivity (Wildman–Crippen MR) is 108 cm³/mol. The molecule has 2 aromatic carbocycles. The molecule has 0 bridgehead atoms. The lowest BCUT2D eigenvalue weighted by molar-refractivity contribution is -0.274. The first-order chi connectivity index (χ1) is 14.8. The highest BCUT2D eigenvalue weighted by molar-refractivity contribution is 5.76. The quantitative estimate of drug-likeness (QED) is 0.618. The van der Waals surface area contributed by atoms with E-state index in [4.69, 9.17) is 19.3 Å². The number of nitrogens with one attached hydrogen (secondary N) is 1. The van der Waals surface area contributed by atoms with Crippen molar-refractivity contribution in [3.05, 3.63) is 42.0 Å². The van der Waals surface area contributed by atoms with Gasteiger partial charge in [-0.25, -0.2) is 4.68 Å². The van der Waals surface area contributed by atoms with Crippen molar-refractivity contribution in [1.82, 2.24) is 9.78 Å². The molecule has 4 rings (SSSR count). The monoisotopic (exact) mass is 435 g/mol.